The van der Waals surface area contributed by atoms with Gasteiger partial charge in [-0.25, -0.2) is 5.43 Å². The lowest BCUT2D eigenvalue weighted by atomic mass is 10.2. The zero-order valence-electron chi connectivity index (χ0n) is 17.2. The van der Waals surface area contributed by atoms with Crippen LogP contribution < -0.4 is 15.5 Å². The Balaban J connectivity index is 1.65. The quantitative estimate of drug-likeness (QED) is 0.226. The van der Waals surface area contributed by atoms with Crippen LogP contribution in [0.25, 0.3) is 0 Å². The van der Waals surface area contributed by atoms with Gasteiger partial charge >= 0.3 is 11.8 Å². The van der Waals surface area contributed by atoms with Crippen molar-refractivity contribution in [3.05, 3.63) is 91.4 Å². The highest BCUT2D eigenvalue weighted by Crippen LogP contribution is 2.28. The summed E-state index contributed by atoms with van der Waals surface area (Å²) in [7, 11) is 0. The largest absolute Gasteiger partial charge is 0.488 e. The third kappa shape index (κ3) is 6.85. The lowest BCUT2D eigenvalue weighted by Crippen LogP contribution is -2.32. The fraction of sp³-hybridized carbons (Fsp3) is 0.0870. The summed E-state index contributed by atoms with van der Waals surface area (Å²) < 4.78 is 5.82. The minimum atomic E-state index is -0.963. The van der Waals surface area contributed by atoms with Gasteiger partial charge in [0.25, 0.3) is 0 Å². The Kier molecular flexibility index (Phi) is 8.58. The molecule has 0 radical (unpaired) electrons. The molecule has 3 rings (SSSR count). The molecule has 0 saturated heterocycles. The third-order valence-electron chi connectivity index (χ3n) is 4.41. The van der Waals surface area contributed by atoms with E-state index in [9.17, 15) is 9.59 Å². The van der Waals surface area contributed by atoms with Crippen LogP contribution in [0.1, 0.15) is 16.7 Å². The van der Waals surface area contributed by atoms with Gasteiger partial charge in [-0.3, -0.25) is 9.59 Å². The number of amides is 2. The predicted molar refractivity (Wildman–Crippen MR) is 133 cm³/mol. The number of ether oxygens (including phenoxy) is 1. The number of carbonyl (C=O) groups excluding carboxylic acids is 2. The lowest BCUT2D eigenvalue weighted by molar-refractivity contribution is -0.136. The van der Waals surface area contributed by atoms with Crippen LogP contribution in [0.4, 0.5) is 5.69 Å². The normalized spacial score (nSPS) is 10.8. The summed E-state index contributed by atoms with van der Waals surface area (Å²) in [4.78, 5) is 24.2. The van der Waals surface area contributed by atoms with Crippen molar-refractivity contribution in [1.29, 1.82) is 0 Å². The minimum Gasteiger partial charge on any atom is -0.488 e. The summed E-state index contributed by atoms with van der Waals surface area (Å²) in [6.45, 7) is 1.93. The molecule has 0 atom stereocenters. The average molecular weight is 525 g/mol. The van der Waals surface area contributed by atoms with Gasteiger partial charge < -0.3 is 10.1 Å². The van der Waals surface area contributed by atoms with Gasteiger partial charge in [-0.05, 0) is 55.0 Å². The van der Waals surface area contributed by atoms with Crippen LogP contribution in [0.15, 0.2) is 59.7 Å². The van der Waals surface area contributed by atoms with Crippen LogP contribution >= 0.6 is 46.4 Å². The third-order valence-corrected chi connectivity index (χ3v) is 5.76. The van der Waals surface area contributed by atoms with Crippen molar-refractivity contribution in [3.63, 3.8) is 0 Å². The minimum absolute atomic E-state index is 0.106. The van der Waals surface area contributed by atoms with Crippen molar-refractivity contribution in [1.82, 2.24) is 5.43 Å². The predicted octanol–water partition coefficient (Wildman–Crippen LogP) is 6.28. The first-order chi connectivity index (χ1) is 15.7. The molecular weight excluding hydrogens is 508 g/mol. The molecule has 0 spiro atoms. The number of hydrogen-bond donors (Lipinski definition) is 2. The molecular formula is C23H17Cl4N3O3. The number of halogens is 4. The van der Waals surface area contributed by atoms with Crippen molar-refractivity contribution in [3.8, 4) is 5.75 Å². The van der Waals surface area contributed by atoms with Crippen molar-refractivity contribution in [2.24, 2.45) is 5.10 Å². The first-order valence-corrected chi connectivity index (χ1v) is 11.0. The number of nitrogens with zero attached hydrogens (tertiary/aromatic N) is 1. The summed E-state index contributed by atoms with van der Waals surface area (Å²) in [6.07, 6.45) is 1.31. The first kappa shape index (κ1) is 24.9. The maximum atomic E-state index is 12.1. The number of benzene rings is 3. The second-order valence-corrected chi connectivity index (χ2v) is 8.45. The second kappa shape index (κ2) is 11.4. The van der Waals surface area contributed by atoms with Gasteiger partial charge in [0.2, 0.25) is 0 Å². The van der Waals surface area contributed by atoms with Gasteiger partial charge in [-0.1, -0.05) is 58.5 Å². The van der Waals surface area contributed by atoms with Crippen LogP contribution in [-0.2, 0) is 16.2 Å². The topological polar surface area (TPSA) is 79.8 Å². The number of aryl methyl sites for hydroxylation is 1. The number of rotatable bonds is 6. The van der Waals surface area contributed by atoms with E-state index in [-0.39, 0.29) is 6.61 Å². The molecule has 3 aromatic rings. The van der Waals surface area contributed by atoms with E-state index in [2.05, 4.69) is 15.8 Å². The van der Waals surface area contributed by atoms with Crippen molar-refractivity contribution >= 4 is 70.1 Å². The molecule has 0 bridgehead atoms. The van der Waals surface area contributed by atoms with Crippen molar-refractivity contribution in [2.75, 3.05) is 5.32 Å². The van der Waals surface area contributed by atoms with Gasteiger partial charge in [-0.2, -0.15) is 5.10 Å². The van der Waals surface area contributed by atoms with E-state index in [0.29, 0.717) is 42.7 Å². The lowest BCUT2D eigenvalue weighted by Gasteiger charge is -2.12. The van der Waals surface area contributed by atoms with E-state index in [0.717, 1.165) is 5.56 Å². The molecule has 0 aliphatic heterocycles. The molecule has 0 heterocycles. The van der Waals surface area contributed by atoms with Gasteiger partial charge in [0.05, 0.1) is 6.21 Å². The number of carbonyl (C=O) groups is 2. The van der Waals surface area contributed by atoms with E-state index in [1.54, 1.807) is 54.6 Å². The standard InChI is InChI=1S/C23H17Cl4N3O3/c1-13-5-7-16(10-20(13)27)29-22(31)23(32)30-28-11-14-9-15(24)6-8-21(14)33-12-17-18(25)3-2-4-19(17)26/h2-11H,12H2,1H3,(H,29,31)(H,30,32)/b28-11-. The van der Waals surface area contributed by atoms with Gasteiger partial charge in [0.15, 0.2) is 0 Å². The molecule has 6 nitrogen and oxygen atoms in total. The fourth-order valence-electron chi connectivity index (χ4n) is 2.64. The number of hydrogen-bond acceptors (Lipinski definition) is 4. The summed E-state index contributed by atoms with van der Waals surface area (Å²) in [5, 5.41) is 8.12. The SMILES string of the molecule is Cc1ccc(NC(=O)C(=O)N/N=C\c2cc(Cl)ccc2OCc2c(Cl)cccc2Cl)cc1Cl. The highest BCUT2D eigenvalue weighted by molar-refractivity contribution is 6.40. The highest BCUT2D eigenvalue weighted by Gasteiger charge is 2.14. The second-order valence-electron chi connectivity index (χ2n) is 6.79. The fourth-order valence-corrected chi connectivity index (χ4v) is 3.51. The number of nitrogens with one attached hydrogen (secondary N) is 2. The Morgan fingerprint density at radius 2 is 1.67 bits per heavy atom. The maximum absolute atomic E-state index is 12.1. The molecule has 0 aliphatic rings. The van der Waals surface area contributed by atoms with Crippen LogP contribution in [0.2, 0.25) is 20.1 Å². The Hall–Kier alpha value is -2.77. The van der Waals surface area contributed by atoms with E-state index in [1.165, 1.54) is 6.21 Å². The monoisotopic (exact) mass is 523 g/mol. The van der Waals surface area contributed by atoms with E-state index < -0.39 is 11.8 Å². The van der Waals surface area contributed by atoms with Crippen LogP contribution in [0, 0.1) is 6.92 Å². The van der Waals surface area contributed by atoms with Gasteiger partial charge in [-0.15, -0.1) is 0 Å². The first-order valence-electron chi connectivity index (χ1n) is 9.50. The Morgan fingerprint density at radius 1 is 0.939 bits per heavy atom. The molecule has 0 saturated carbocycles. The van der Waals surface area contributed by atoms with Gasteiger partial charge in [0, 0.05) is 36.9 Å². The molecule has 2 N–H and O–H groups in total. The van der Waals surface area contributed by atoms with Gasteiger partial charge in [0.1, 0.15) is 12.4 Å². The van der Waals surface area contributed by atoms with Crippen LogP contribution in [-0.4, -0.2) is 18.0 Å². The maximum Gasteiger partial charge on any atom is 0.329 e. The molecule has 3 aromatic carbocycles. The Bertz CT molecular complexity index is 1210. The average Bonchev–Trinajstić information content (AvgIpc) is 2.77. The highest BCUT2D eigenvalue weighted by atomic mass is 35.5. The summed E-state index contributed by atoms with van der Waals surface area (Å²) in [5.74, 6) is -1.44. The molecule has 10 heteroatoms. The summed E-state index contributed by atoms with van der Waals surface area (Å²) >= 11 is 24.5. The Labute approximate surface area is 210 Å². The van der Waals surface area contributed by atoms with E-state index in [4.69, 9.17) is 51.1 Å². The molecule has 0 fully saturated rings. The van der Waals surface area contributed by atoms with E-state index in [1.807, 2.05) is 6.92 Å². The van der Waals surface area contributed by atoms with Crippen LogP contribution in [0.5, 0.6) is 5.75 Å². The molecule has 33 heavy (non-hydrogen) atoms. The molecule has 0 aliphatic carbocycles. The number of hydrazone groups is 1. The van der Waals surface area contributed by atoms with Crippen molar-refractivity contribution < 1.29 is 14.3 Å². The van der Waals surface area contributed by atoms with Crippen LogP contribution in [0.3, 0.4) is 0 Å². The smallest absolute Gasteiger partial charge is 0.329 e. The molecule has 0 aromatic heterocycles. The Morgan fingerprint density at radius 3 is 2.36 bits per heavy atom. The number of anilines is 1. The zero-order valence-corrected chi connectivity index (χ0v) is 20.2. The molecule has 170 valence electrons. The zero-order chi connectivity index (χ0) is 24.0. The van der Waals surface area contributed by atoms with E-state index >= 15 is 0 Å². The van der Waals surface area contributed by atoms with Crippen molar-refractivity contribution in [2.45, 2.75) is 13.5 Å². The molecule has 2 amide bonds. The molecule has 0 unspecified atom stereocenters. The summed E-state index contributed by atoms with van der Waals surface area (Å²) in [5.41, 5.74) is 4.49. The summed E-state index contributed by atoms with van der Waals surface area (Å²) in [6, 6.07) is 14.9.